The molecule has 3 aromatic carbocycles. The molecule has 0 aliphatic carbocycles. The van der Waals surface area contributed by atoms with Crippen molar-refractivity contribution in [3.05, 3.63) is 71.0 Å². The van der Waals surface area contributed by atoms with Crippen LogP contribution in [0.25, 0.3) is 32.9 Å². The first-order valence-electron chi connectivity index (χ1n) is 8.99. The van der Waals surface area contributed by atoms with Crippen LogP contribution in [0.5, 0.6) is 0 Å². The zero-order valence-corrected chi connectivity index (χ0v) is 14.6. The van der Waals surface area contributed by atoms with Gasteiger partial charge in [0.15, 0.2) is 0 Å². The van der Waals surface area contributed by atoms with E-state index in [9.17, 15) is 4.79 Å². The van der Waals surface area contributed by atoms with Crippen molar-refractivity contribution in [3.8, 4) is 11.1 Å². The van der Waals surface area contributed by atoms with Gasteiger partial charge in [0.1, 0.15) is 5.82 Å². The minimum absolute atomic E-state index is 0.169. The minimum Gasteiger partial charge on any atom is -0.366 e. The fourth-order valence-corrected chi connectivity index (χ4v) is 4.11. The Morgan fingerprint density at radius 3 is 2.78 bits per heavy atom. The summed E-state index contributed by atoms with van der Waals surface area (Å²) in [7, 11) is 0. The lowest BCUT2D eigenvalue weighted by atomic mass is 9.92. The Labute approximate surface area is 155 Å². The first kappa shape index (κ1) is 16.0. The number of amides is 1. The second kappa shape index (κ2) is 5.93. The number of H-pyrrole nitrogens is 1. The van der Waals surface area contributed by atoms with Crippen LogP contribution in [0.4, 0.5) is 4.39 Å². The molecular weight excluding hydrogens is 341 g/mol. The molecular formula is C22H18FN3O. The summed E-state index contributed by atoms with van der Waals surface area (Å²) in [6.07, 6.45) is 0.973. The summed E-state index contributed by atoms with van der Waals surface area (Å²) in [5.74, 6) is -1.09. The van der Waals surface area contributed by atoms with E-state index >= 15 is 4.39 Å². The quantitative estimate of drug-likeness (QED) is 0.508. The molecule has 1 aromatic heterocycles. The third-order valence-corrected chi connectivity index (χ3v) is 5.38. The van der Waals surface area contributed by atoms with Crippen LogP contribution < -0.4 is 11.1 Å². The van der Waals surface area contributed by atoms with Gasteiger partial charge < -0.3 is 16.0 Å². The van der Waals surface area contributed by atoms with Crippen LogP contribution >= 0.6 is 0 Å². The van der Waals surface area contributed by atoms with Crippen LogP contribution in [-0.2, 0) is 13.0 Å². The number of nitrogens with two attached hydrogens (primary N) is 1. The van der Waals surface area contributed by atoms with Gasteiger partial charge in [-0.3, -0.25) is 4.79 Å². The molecule has 134 valence electrons. The molecule has 0 saturated carbocycles. The highest BCUT2D eigenvalue weighted by molar-refractivity contribution is 6.19. The van der Waals surface area contributed by atoms with Crippen LogP contribution in [0.1, 0.15) is 21.5 Å². The van der Waals surface area contributed by atoms with Gasteiger partial charge in [-0.15, -0.1) is 0 Å². The SMILES string of the molecule is NC(=O)c1cc(F)c(-c2ccc3c(c2)CNCC3)c2c1[nH]c1ccccc12. The number of rotatable bonds is 2. The predicted octanol–water partition coefficient (Wildman–Crippen LogP) is 3.87. The molecule has 4 N–H and O–H groups in total. The number of para-hydroxylation sites is 1. The van der Waals surface area contributed by atoms with E-state index in [-0.39, 0.29) is 5.56 Å². The number of benzene rings is 3. The summed E-state index contributed by atoms with van der Waals surface area (Å²) < 4.78 is 15.2. The Hall–Kier alpha value is -3.18. The zero-order valence-electron chi connectivity index (χ0n) is 14.6. The van der Waals surface area contributed by atoms with Crippen molar-refractivity contribution in [2.75, 3.05) is 6.54 Å². The Kier molecular flexibility index (Phi) is 3.52. The second-order valence-electron chi connectivity index (χ2n) is 6.98. The van der Waals surface area contributed by atoms with Crippen molar-refractivity contribution in [1.29, 1.82) is 0 Å². The number of nitrogens with one attached hydrogen (secondary N) is 2. The Morgan fingerprint density at radius 2 is 1.93 bits per heavy atom. The summed E-state index contributed by atoms with van der Waals surface area (Å²) in [5.41, 5.74) is 10.9. The first-order valence-corrected chi connectivity index (χ1v) is 8.99. The van der Waals surface area contributed by atoms with Crippen LogP contribution in [-0.4, -0.2) is 17.4 Å². The zero-order chi connectivity index (χ0) is 18.5. The lowest BCUT2D eigenvalue weighted by Crippen LogP contribution is -2.23. The van der Waals surface area contributed by atoms with Gasteiger partial charge in [-0.1, -0.05) is 30.3 Å². The van der Waals surface area contributed by atoms with E-state index in [4.69, 9.17) is 5.73 Å². The van der Waals surface area contributed by atoms with Crippen molar-refractivity contribution in [3.63, 3.8) is 0 Å². The number of hydrogen-bond acceptors (Lipinski definition) is 2. The molecule has 0 bridgehead atoms. The molecule has 0 fully saturated rings. The summed E-state index contributed by atoms with van der Waals surface area (Å²) >= 11 is 0. The standard InChI is InChI=1S/C22H18FN3O/c23-17-10-16(22(24)27)21-20(15-3-1-2-4-18(15)26-21)19(17)13-6-5-12-7-8-25-11-14(12)9-13/h1-6,9-10,25-26H,7-8,11H2,(H2,24,27). The number of hydrogen-bond donors (Lipinski definition) is 3. The molecule has 2 heterocycles. The third-order valence-electron chi connectivity index (χ3n) is 5.38. The molecule has 0 atom stereocenters. The van der Waals surface area contributed by atoms with Crippen molar-refractivity contribution >= 4 is 27.7 Å². The van der Waals surface area contributed by atoms with Crippen molar-refractivity contribution in [2.24, 2.45) is 5.73 Å². The number of aromatic nitrogens is 1. The molecule has 4 nitrogen and oxygen atoms in total. The maximum atomic E-state index is 15.2. The average molecular weight is 359 g/mol. The topological polar surface area (TPSA) is 70.9 Å². The smallest absolute Gasteiger partial charge is 0.250 e. The lowest BCUT2D eigenvalue weighted by Gasteiger charge is -2.18. The van der Waals surface area contributed by atoms with E-state index in [1.807, 2.05) is 36.4 Å². The highest BCUT2D eigenvalue weighted by Crippen LogP contribution is 2.39. The summed E-state index contributed by atoms with van der Waals surface area (Å²) in [5, 5.41) is 4.93. The van der Waals surface area contributed by atoms with Gasteiger partial charge in [-0.2, -0.15) is 0 Å². The highest BCUT2D eigenvalue weighted by atomic mass is 19.1. The number of primary amides is 1. The van der Waals surface area contributed by atoms with E-state index in [1.54, 1.807) is 0 Å². The van der Waals surface area contributed by atoms with Gasteiger partial charge in [-0.25, -0.2) is 4.39 Å². The lowest BCUT2D eigenvalue weighted by molar-refractivity contribution is 0.100. The van der Waals surface area contributed by atoms with Gasteiger partial charge >= 0.3 is 0 Å². The van der Waals surface area contributed by atoms with Crippen LogP contribution in [0.15, 0.2) is 48.5 Å². The van der Waals surface area contributed by atoms with Gasteiger partial charge in [0.25, 0.3) is 5.91 Å². The number of carbonyl (C=O) groups excluding carboxylic acids is 1. The number of fused-ring (bicyclic) bond motifs is 4. The van der Waals surface area contributed by atoms with E-state index < -0.39 is 11.7 Å². The minimum atomic E-state index is -0.647. The summed E-state index contributed by atoms with van der Waals surface area (Å²) in [6, 6.07) is 15.0. The largest absolute Gasteiger partial charge is 0.366 e. The van der Waals surface area contributed by atoms with Crippen molar-refractivity contribution < 1.29 is 9.18 Å². The molecule has 5 rings (SSSR count). The Bertz CT molecular complexity index is 1230. The molecule has 1 aliphatic rings. The fraction of sp³-hybridized carbons (Fsp3) is 0.136. The molecule has 4 aromatic rings. The predicted molar refractivity (Wildman–Crippen MR) is 105 cm³/mol. The van der Waals surface area contributed by atoms with Gasteiger partial charge in [0, 0.05) is 28.4 Å². The fourth-order valence-electron chi connectivity index (χ4n) is 4.11. The second-order valence-corrected chi connectivity index (χ2v) is 6.98. The van der Waals surface area contributed by atoms with Crippen LogP contribution in [0.3, 0.4) is 0 Å². The Morgan fingerprint density at radius 1 is 1.07 bits per heavy atom. The van der Waals surface area contributed by atoms with E-state index in [2.05, 4.69) is 16.4 Å². The summed E-state index contributed by atoms with van der Waals surface area (Å²) in [4.78, 5) is 15.2. The molecule has 1 amide bonds. The first-order chi connectivity index (χ1) is 13.1. The van der Waals surface area contributed by atoms with Gasteiger partial charge in [0.05, 0.1) is 11.1 Å². The number of halogens is 1. The molecule has 5 heteroatoms. The number of aromatic amines is 1. The molecule has 0 radical (unpaired) electrons. The monoisotopic (exact) mass is 359 g/mol. The van der Waals surface area contributed by atoms with Crippen LogP contribution in [0.2, 0.25) is 0 Å². The van der Waals surface area contributed by atoms with Gasteiger partial charge in [0.2, 0.25) is 0 Å². The molecule has 27 heavy (non-hydrogen) atoms. The summed E-state index contributed by atoms with van der Waals surface area (Å²) in [6.45, 7) is 1.74. The Balaban J connectivity index is 1.88. The molecule has 0 spiro atoms. The average Bonchev–Trinajstić information content (AvgIpc) is 3.06. The normalized spacial score (nSPS) is 13.8. The highest BCUT2D eigenvalue weighted by Gasteiger charge is 2.21. The van der Waals surface area contributed by atoms with E-state index in [1.165, 1.54) is 17.2 Å². The van der Waals surface area contributed by atoms with Gasteiger partial charge in [-0.05, 0) is 47.9 Å². The van der Waals surface area contributed by atoms with Crippen molar-refractivity contribution in [1.82, 2.24) is 10.3 Å². The molecule has 0 saturated heterocycles. The maximum Gasteiger partial charge on any atom is 0.250 e. The van der Waals surface area contributed by atoms with Crippen molar-refractivity contribution in [2.45, 2.75) is 13.0 Å². The van der Waals surface area contributed by atoms with E-state index in [0.29, 0.717) is 16.5 Å². The van der Waals surface area contributed by atoms with Crippen LogP contribution in [0, 0.1) is 5.82 Å². The maximum absolute atomic E-state index is 15.2. The van der Waals surface area contributed by atoms with E-state index in [0.717, 1.165) is 36.0 Å². The molecule has 0 unspecified atom stereocenters. The molecule has 1 aliphatic heterocycles. The number of carbonyl (C=O) groups is 1. The third kappa shape index (κ3) is 2.43.